The molecule has 4 aliphatic rings. The molecule has 0 fully saturated rings. The summed E-state index contributed by atoms with van der Waals surface area (Å²) in [5, 5.41) is 5.62. The molecule has 0 amide bonds. The number of rotatable bonds is 9. The average Bonchev–Trinajstić information content (AvgIpc) is 1.08. The second-order valence-corrected chi connectivity index (χ2v) is 33.4. The van der Waals surface area contributed by atoms with Gasteiger partial charge >= 0.3 is 0 Å². The summed E-state index contributed by atoms with van der Waals surface area (Å²) in [6.07, 6.45) is 0. The maximum absolute atomic E-state index is 5.87. The average molecular weight is 1570 g/mol. The Bertz CT molecular complexity index is 7670. The van der Waals surface area contributed by atoms with Gasteiger partial charge in [0.15, 0.2) is 17.5 Å². The largest absolute Gasteiger partial charge is 0.310 e. The molecule has 4 aromatic heterocycles. The first kappa shape index (κ1) is 68.2. The van der Waals surface area contributed by atoms with Gasteiger partial charge in [-0.1, -0.05) is 321 Å². The van der Waals surface area contributed by atoms with Gasteiger partial charge in [-0.15, -0.1) is 0 Å². The van der Waals surface area contributed by atoms with Crippen LogP contribution in [0.15, 0.2) is 426 Å². The molecule has 120 heavy (non-hydrogen) atoms. The molecule has 0 saturated carbocycles. The van der Waals surface area contributed by atoms with E-state index in [2.05, 4.69) is 389 Å². The summed E-state index contributed by atoms with van der Waals surface area (Å²) in [5.74, 6) is 2.47. The summed E-state index contributed by atoms with van der Waals surface area (Å²) >= 11 is 3.74. The minimum Gasteiger partial charge on any atom is -0.310 e. The third kappa shape index (κ3) is 9.96. The smallest absolute Gasteiger partial charge is 0.235 e. The summed E-state index contributed by atoms with van der Waals surface area (Å²) in [7, 11) is 0. The van der Waals surface area contributed by atoms with Gasteiger partial charge in [0, 0.05) is 85.8 Å². The lowest BCUT2D eigenvalue weighted by atomic mass is 9.62. The van der Waals surface area contributed by atoms with E-state index < -0.39 is 10.8 Å². The van der Waals surface area contributed by atoms with Gasteiger partial charge in [0.05, 0.1) is 66.9 Å². The van der Waals surface area contributed by atoms with Crippen LogP contribution < -0.4 is 9.80 Å². The van der Waals surface area contributed by atoms with Gasteiger partial charge in [-0.25, -0.2) is 24.9 Å². The van der Waals surface area contributed by atoms with Crippen LogP contribution in [0.5, 0.6) is 0 Å². The summed E-state index contributed by atoms with van der Waals surface area (Å²) in [4.78, 5) is 36.7. The number of para-hydroxylation sites is 7. The summed E-state index contributed by atoms with van der Waals surface area (Å²) < 4.78 is 4.86. The van der Waals surface area contributed by atoms with Crippen molar-refractivity contribution in [1.29, 1.82) is 0 Å². The Hall–Kier alpha value is -15.0. The maximum Gasteiger partial charge on any atom is 0.235 e. The Morgan fingerprint density at radius 1 is 0.225 bits per heavy atom. The van der Waals surface area contributed by atoms with E-state index in [0.29, 0.717) is 23.4 Å². The number of fused-ring (bicyclic) bond motifs is 25. The molecule has 0 bridgehead atoms. The quantitative estimate of drug-likeness (QED) is 0.140. The molecule has 8 heterocycles. The van der Waals surface area contributed by atoms with E-state index in [-0.39, 0.29) is 0 Å². The molecule has 11 heteroatoms. The van der Waals surface area contributed by atoms with E-state index in [1.807, 2.05) is 59.9 Å². The third-order valence-electron chi connectivity index (χ3n) is 25.1. The van der Waals surface area contributed by atoms with Crippen molar-refractivity contribution in [2.24, 2.45) is 0 Å². The van der Waals surface area contributed by atoms with Crippen molar-refractivity contribution in [3.63, 3.8) is 0 Å². The molecule has 25 rings (SSSR count). The SMILES string of the molecule is c1ccc(-c2nc(-c3ccccc3)nc(-c3ccc(-n4c5ccccc5c5ccc6c(c54)Sc4ccccc4C64c5ccccc5N(c5cccc(-c6ccc7c(-c8ccccc8)nc(-n8c9ccccc9c9ccc%10c(c98)Sc8ccccc8C%108c9ccccc9N(c9ccccc9)c9ccccc98)nc7c6)c5)c5ccccc54)cc3)n2)cc1. The minimum atomic E-state index is -0.757. The van der Waals surface area contributed by atoms with Crippen molar-refractivity contribution in [2.75, 3.05) is 9.80 Å². The zero-order valence-electron chi connectivity index (χ0n) is 64.5. The summed E-state index contributed by atoms with van der Waals surface area (Å²) in [6.45, 7) is 0. The highest BCUT2D eigenvalue weighted by Crippen LogP contribution is 2.67. The zero-order chi connectivity index (χ0) is 78.7. The number of aromatic nitrogens is 7. The van der Waals surface area contributed by atoms with Gasteiger partial charge in [0.1, 0.15) is 0 Å². The molecule has 21 aromatic rings. The van der Waals surface area contributed by atoms with Crippen LogP contribution in [0.3, 0.4) is 0 Å². The van der Waals surface area contributed by atoms with Gasteiger partial charge < -0.3 is 14.4 Å². The molecule has 0 aliphatic carbocycles. The molecule has 0 saturated heterocycles. The summed E-state index contributed by atoms with van der Waals surface area (Å²) in [6, 6.07) is 148. The first-order valence-corrected chi connectivity index (χ1v) is 42.3. The normalized spacial score (nSPS) is 13.7. The monoisotopic (exact) mass is 1570 g/mol. The second kappa shape index (κ2) is 26.8. The molecule has 2 spiro atoms. The number of anilines is 6. The third-order valence-corrected chi connectivity index (χ3v) is 27.4. The predicted octanol–water partition coefficient (Wildman–Crippen LogP) is 27.6. The van der Waals surface area contributed by atoms with Crippen LogP contribution in [0, 0.1) is 0 Å². The molecule has 4 aliphatic heterocycles. The number of hydrogen-bond acceptors (Lipinski definition) is 9. The highest BCUT2D eigenvalue weighted by Gasteiger charge is 2.53. The van der Waals surface area contributed by atoms with Crippen molar-refractivity contribution in [3.8, 4) is 68.2 Å². The number of nitrogens with zero attached hydrogens (tertiary/aromatic N) is 9. The van der Waals surface area contributed by atoms with Crippen LogP contribution in [0.25, 0.3) is 123 Å². The fourth-order valence-corrected chi connectivity index (χ4v) is 22.7. The van der Waals surface area contributed by atoms with Gasteiger partial charge in [0.25, 0.3) is 0 Å². The Balaban J connectivity index is 0.641. The Morgan fingerprint density at radius 2 is 0.600 bits per heavy atom. The standard InChI is InChI=1S/C109H67N9S2/c1-5-30-68(31-6-1)99-81-61-58-73(67-90(81)110-107(111-99)118-92-49-22-14-41-78(92)80-63-65-89-103(101(80)118)120-98-55-28-20-47-87(98)108(89)82-42-15-23-50-93(82)115(74-37-11-4-12-38-74)94-51-24-16-43-83(94)108)72-36-29-39-76(66-72)116-95-52-25-17-44-84(95)109(85-45-18-26-53-96(85)116)86-46-19-27-54-97(86)119-102-88(109)64-62-79-77-40-13-21-48-91(77)117(100(79)102)75-59-56-71(57-60-75)106-113-104(69-32-7-2-8-33-69)112-105(114-106)70-34-9-3-10-35-70/h1-67H. The lowest BCUT2D eigenvalue weighted by Crippen LogP contribution is -2.39. The Labute approximate surface area is 700 Å². The molecule has 0 N–H and O–H groups in total. The maximum atomic E-state index is 5.87. The fraction of sp³-hybridized carbons (Fsp3) is 0.0183. The number of hydrogen-bond donors (Lipinski definition) is 0. The van der Waals surface area contributed by atoms with Crippen molar-refractivity contribution in [2.45, 2.75) is 30.4 Å². The summed E-state index contributed by atoms with van der Waals surface area (Å²) in [5.41, 5.74) is 28.0. The molecular formula is C109H67N9S2. The zero-order valence-corrected chi connectivity index (χ0v) is 66.2. The Morgan fingerprint density at radius 3 is 1.12 bits per heavy atom. The van der Waals surface area contributed by atoms with Gasteiger partial charge in [-0.05, 0) is 165 Å². The molecular weight excluding hydrogens is 1500 g/mol. The fourth-order valence-electron chi connectivity index (χ4n) is 20.1. The molecule has 0 atom stereocenters. The van der Waals surface area contributed by atoms with Crippen molar-refractivity contribution < 1.29 is 0 Å². The van der Waals surface area contributed by atoms with Crippen molar-refractivity contribution in [3.05, 3.63) is 451 Å². The van der Waals surface area contributed by atoms with E-state index in [1.54, 1.807) is 0 Å². The highest BCUT2D eigenvalue weighted by atomic mass is 32.2. The van der Waals surface area contributed by atoms with Crippen LogP contribution in [0.4, 0.5) is 34.1 Å². The van der Waals surface area contributed by atoms with Crippen LogP contribution in [0.2, 0.25) is 0 Å². The van der Waals surface area contributed by atoms with E-state index in [1.165, 1.54) is 74.9 Å². The Kier molecular flexibility index (Phi) is 15.2. The van der Waals surface area contributed by atoms with Crippen LogP contribution >= 0.6 is 23.5 Å². The molecule has 560 valence electrons. The van der Waals surface area contributed by atoms with E-state index in [9.17, 15) is 0 Å². The van der Waals surface area contributed by atoms with Gasteiger partial charge in [0.2, 0.25) is 5.95 Å². The lowest BCUT2D eigenvalue weighted by Gasteiger charge is -2.49. The molecule has 0 radical (unpaired) electrons. The first-order valence-electron chi connectivity index (χ1n) is 40.7. The van der Waals surface area contributed by atoms with Crippen LogP contribution in [-0.2, 0) is 10.8 Å². The topological polar surface area (TPSA) is 80.8 Å². The molecule has 0 unspecified atom stereocenters. The predicted molar refractivity (Wildman–Crippen MR) is 490 cm³/mol. The highest BCUT2D eigenvalue weighted by molar-refractivity contribution is 8.00. The van der Waals surface area contributed by atoms with Gasteiger partial charge in [-0.3, -0.25) is 4.57 Å². The van der Waals surface area contributed by atoms with Gasteiger partial charge in [-0.2, -0.15) is 0 Å². The number of benzene rings is 17. The van der Waals surface area contributed by atoms with E-state index in [0.717, 1.165) is 123 Å². The van der Waals surface area contributed by atoms with E-state index in [4.69, 9.17) is 24.9 Å². The van der Waals surface area contributed by atoms with E-state index >= 15 is 0 Å². The molecule has 9 nitrogen and oxygen atoms in total. The van der Waals surface area contributed by atoms with Crippen molar-refractivity contribution in [1.82, 2.24) is 34.1 Å². The molecule has 17 aromatic carbocycles. The van der Waals surface area contributed by atoms with Crippen molar-refractivity contribution >= 4 is 112 Å². The lowest BCUT2D eigenvalue weighted by molar-refractivity contribution is 0.693. The second-order valence-electron chi connectivity index (χ2n) is 31.3. The minimum absolute atomic E-state index is 0.601. The van der Waals surface area contributed by atoms with Crippen LogP contribution in [-0.4, -0.2) is 34.1 Å². The van der Waals surface area contributed by atoms with Crippen LogP contribution in [0.1, 0.15) is 44.5 Å². The first-order chi connectivity index (χ1) is 59.5.